The standard InChI is InChI=1S/C22H24OP.BrH/c1-2-3-19-23-24(20-13-7-4-8-14-20,21-15-9-5-10-16-21)22-17-11-6-12-18-22;/h4-18H,2-3,19H2,1H3;1H/q+1;/p-1. The zero-order chi connectivity index (χ0) is 16.7. The zero-order valence-corrected chi connectivity index (χ0v) is 17.0. The van der Waals surface area contributed by atoms with Gasteiger partial charge in [-0.3, -0.25) is 0 Å². The molecule has 0 amide bonds. The van der Waals surface area contributed by atoms with Crippen LogP contribution in [0.3, 0.4) is 0 Å². The van der Waals surface area contributed by atoms with E-state index in [-0.39, 0.29) is 17.0 Å². The summed E-state index contributed by atoms with van der Waals surface area (Å²) >= 11 is 0. The molecule has 3 heteroatoms. The molecule has 0 aliphatic heterocycles. The quantitative estimate of drug-likeness (QED) is 0.422. The van der Waals surface area contributed by atoms with Gasteiger partial charge in [0.25, 0.3) is 0 Å². The third-order valence-electron chi connectivity index (χ3n) is 4.14. The van der Waals surface area contributed by atoms with Gasteiger partial charge in [-0.25, -0.2) is 4.52 Å². The highest BCUT2D eigenvalue weighted by Crippen LogP contribution is 2.56. The second-order valence-corrected chi connectivity index (χ2v) is 8.83. The molecule has 3 rings (SSSR count). The Morgan fingerprint density at radius 1 is 0.640 bits per heavy atom. The second-order valence-electron chi connectivity index (χ2n) is 5.80. The number of rotatable bonds is 7. The fourth-order valence-electron chi connectivity index (χ4n) is 2.93. The molecule has 0 spiro atoms. The van der Waals surface area contributed by atoms with E-state index in [0.717, 1.165) is 19.4 Å². The van der Waals surface area contributed by atoms with Gasteiger partial charge in [0.15, 0.2) is 0 Å². The van der Waals surface area contributed by atoms with Crippen molar-refractivity contribution in [2.45, 2.75) is 19.8 Å². The van der Waals surface area contributed by atoms with Crippen molar-refractivity contribution in [1.82, 2.24) is 0 Å². The summed E-state index contributed by atoms with van der Waals surface area (Å²) in [7, 11) is -2.08. The van der Waals surface area contributed by atoms with E-state index in [1.165, 1.54) is 15.9 Å². The summed E-state index contributed by atoms with van der Waals surface area (Å²) in [6, 6.07) is 32.1. The minimum atomic E-state index is -2.08. The number of hydrogen-bond acceptors (Lipinski definition) is 1. The first-order valence-corrected chi connectivity index (χ1v) is 10.3. The van der Waals surface area contributed by atoms with Crippen LogP contribution in [-0.4, -0.2) is 6.61 Å². The molecule has 0 fully saturated rings. The van der Waals surface area contributed by atoms with Crippen LogP contribution in [0.5, 0.6) is 0 Å². The SMILES string of the molecule is CCCCO[P+](c1ccccc1)(c1ccccc1)c1ccccc1.[Br-]. The Morgan fingerprint density at radius 3 is 1.32 bits per heavy atom. The maximum absolute atomic E-state index is 6.74. The normalized spacial score (nSPS) is 10.9. The molecule has 3 aromatic carbocycles. The van der Waals surface area contributed by atoms with Crippen LogP contribution in [0.15, 0.2) is 91.0 Å². The van der Waals surface area contributed by atoms with Gasteiger partial charge in [0, 0.05) is 0 Å². The Labute approximate surface area is 162 Å². The van der Waals surface area contributed by atoms with Crippen LogP contribution in [0, 0.1) is 0 Å². The first-order chi connectivity index (χ1) is 11.9. The van der Waals surface area contributed by atoms with Crippen LogP contribution in [-0.2, 0) is 4.52 Å². The summed E-state index contributed by atoms with van der Waals surface area (Å²) in [4.78, 5) is 0. The van der Waals surface area contributed by atoms with Crippen molar-refractivity contribution in [2.75, 3.05) is 6.61 Å². The molecule has 0 N–H and O–H groups in total. The first-order valence-electron chi connectivity index (χ1n) is 8.58. The van der Waals surface area contributed by atoms with Gasteiger partial charge in [0.1, 0.15) is 15.9 Å². The summed E-state index contributed by atoms with van der Waals surface area (Å²) < 4.78 is 6.74. The molecular formula is C22H24BrOP. The monoisotopic (exact) mass is 414 g/mol. The average molecular weight is 415 g/mol. The highest BCUT2D eigenvalue weighted by atomic mass is 79.9. The Morgan fingerprint density at radius 2 is 1.00 bits per heavy atom. The Balaban J connectivity index is 0.00000225. The van der Waals surface area contributed by atoms with Gasteiger partial charge < -0.3 is 17.0 Å². The van der Waals surface area contributed by atoms with Gasteiger partial charge in [-0.2, -0.15) is 0 Å². The van der Waals surface area contributed by atoms with Gasteiger partial charge in [-0.1, -0.05) is 67.9 Å². The van der Waals surface area contributed by atoms with E-state index in [9.17, 15) is 0 Å². The minimum absolute atomic E-state index is 0. The van der Waals surface area contributed by atoms with E-state index in [1.807, 2.05) is 0 Å². The molecule has 3 aromatic rings. The van der Waals surface area contributed by atoms with Crippen molar-refractivity contribution < 1.29 is 21.5 Å². The molecule has 25 heavy (non-hydrogen) atoms. The highest BCUT2D eigenvalue weighted by Gasteiger charge is 2.47. The van der Waals surface area contributed by atoms with Gasteiger partial charge in [-0.05, 0) is 42.8 Å². The maximum Gasteiger partial charge on any atom is 0.242 e. The molecule has 0 heterocycles. The van der Waals surface area contributed by atoms with Crippen LogP contribution < -0.4 is 32.9 Å². The summed E-state index contributed by atoms with van der Waals surface area (Å²) in [6.07, 6.45) is 2.21. The van der Waals surface area contributed by atoms with Crippen molar-refractivity contribution in [1.29, 1.82) is 0 Å². The molecular weight excluding hydrogens is 391 g/mol. The molecule has 0 aliphatic carbocycles. The van der Waals surface area contributed by atoms with Crippen LogP contribution in [0.25, 0.3) is 0 Å². The van der Waals surface area contributed by atoms with Crippen LogP contribution >= 0.6 is 7.49 Å². The van der Waals surface area contributed by atoms with E-state index in [0.29, 0.717) is 0 Å². The molecule has 0 atom stereocenters. The third kappa shape index (κ3) is 4.39. The summed E-state index contributed by atoms with van der Waals surface area (Å²) in [5, 5.41) is 3.83. The van der Waals surface area contributed by atoms with Gasteiger partial charge in [-0.15, -0.1) is 0 Å². The lowest BCUT2D eigenvalue weighted by Crippen LogP contribution is -3.00. The van der Waals surface area contributed by atoms with Crippen molar-refractivity contribution in [3.63, 3.8) is 0 Å². The Bertz CT molecular complexity index is 635. The largest absolute Gasteiger partial charge is 1.00 e. The van der Waals surface area contributed by atoms with Crippen molar-refractivity contribution in [2.24, 2.45) is 0 Å². The molecule has 0 radical (unpaired) electrons. The van der Waals surface area contributed by atoms with E-state index in [4.69, 9.17) is 4.52 Å². The molecule has 0 aliphatic rings. The molecule has 0 saturated heterocycles. The summed E-state index contributed by atoms with van der Waals surface area (Å²) in [5.74, 6) is 0. The number of halogens is 1. The molecule has 0 bridgehead atoms. The van der Waals surface area contributed by atoms with E-state index in [1.54, 1.807) is 0 Å². The lowest BCUT2D eigenvalue weighted by molar-refractivity contribution is -0.00000540. The smallest absolute Gasteiger partial charge is 0.242 e. The minimum Gasteiger partial charge on any atom is -1.00 e. The van der Waals surface area contributed by atoms with Crippen LogP contribution in [0.4, 0.5) is 0 Å². The van der Waals surface area contributed by atoms with Crippen LogP contribution in [0.2, 0.25) is 0 Å². The lowest BCUT2D eigenvalue weighted by Gasteiger charge is -2.25. The molecule has 0 unspecified atom stereocenters. The maximum atomic E-state index is 6.74. The lowest BCUT2D eigenvalue weighted by atomic mass is 10.4. The predicted octanol–water partition coefficient (Wildman–Crippen LogP) is 1.72. The molecule has 0 saturated carbocycles. The average Bonchev–Trinajstić information content (AvgIpc) is 2.68. The van der Waals surface area contributed by atoms with E-state index < -0.39 is 7.49 Å². The molecule has 0 aromatic heterocycles. The zero-order valence-electron chi connectivity index (χ0n) is 14.5. The van der Waals surface area contributed by atoms with E-state index in [2.05, 4.69) is 97.9 Å². The molecule has 1 nitrogen and oxygen atoms in total. The van der Waals surface area contributed by atoms with Gasteiger partial charge in [0.2, 0.25) is 7.49 Å². The van der Waals surface area contributed by atoms with Crippen molar-refractivity contribution >= 4 is 23.4 Å². The van der Waals surface area contributed by atoms with E-state index >= 15 is 0 Å². The van der Waals surface area contributed by atoms with Gasteiger partial charge in [0.05, 0.1) is 6.61 Å². The summed E-state index contributed by atoms with van der Waals surface area (Å²) in [5.41, 5.74) is 0. The number of unbranched alkanes of at least 4 members (excludes halogenated alkanes) is 1. The van der Waals surface area contributed by atoms with Crippen molar-refractivity contribution in [3.8, 4) is 0 Å². The number of benzene rings is 3. The Hall–Kier alpha value is -1.47. The molecule has 130 valence electrons. The topological polar surface area (TPSA) is 9.23 Å². The first kappa shape index (κ1) is 19.8. The third-order valence-corrected chi connectivity index (χ3v) is 7.79. The van der Waals surface area contributed by atoms with Crippen LogP contribution in [0.1, 0.15) is 19.8 Å². The predicted molar refractivity (Wildman–Crippen MR) is 106 cm³/mol. The Kier molecular flexibility index (Phi) is 7.84. The fraction of sp³-hybridized carbons (Fsp3) is 0.182. The van der Waals surface area contributed by atoms with Gasteiger partial charge >= 0.3 is 0 Å². The van der Waals surface area contributed by atoms with Crippen molar-refractivity contribution in [3.05, 3.63) is 91.0 Å². The second kappa shape index (κ2) is 9.87. The highest BCUT2D eigenvalue weighted by molar-refractivity contribution is 7.91. The summed E-state index contributed by atoms with van der Waals surface area (Å²) in [6.45, 7) is 2.99. The fourth-order valence-corrected chi connectivity index (χ4v) is 6.45. The number of hydrogen-bond donors (Lipinski definition) is 0.